The van der Waals surface area contributed by atoms with Crippen molar-refractivity contribution in [3.05, 3.63) is 314 Å². The molecule has 87 heavy (non-hydrogen) atoms. The van der Waals surface area contributed by atoms with Crippen LogP contribution in [0.25, 0.3) is 154 Å². The highest BCUT2D eigenvalue weighted by Crippen LogP contribution is 2.51. The summed E-state index contributed by atoms with van der Waals surface area (Å²) in [5.74, 6) is 0. The van der Waals surface area contributed by atoms with Gasteiger partial charge in [-0.15, -0.1) is 0 Å². The lowest BCUT2D eigenvalue weighted by Crippen LogP contribution is -2.12. The maximum atomic E-state index is 12.6. The lowest BCUT2D eigenvalue weighted by atomic mass is 9.98. The summed E-state index contributed by atoms with van der Waals surface area (Å²) in [7, 11) is 0. The van der Waals surface area contributed by atoms with Crippen molar-refractivity contribution < 1.29 is 0 Å². The van der Waals surface area contributed by atoms with Gasteiger partial charge < -0.3 is 13.7 Å². The van der Waals surface area contributed by atoms with Gasteiger partial charge in [-0.05, 0) is 103 Å². The lowest BCUT2D eigenvalue weighted by Gasteiger charge is -2.24. The predicted octanol–water partition coefficient (Wildman–Crippen LogP) is 21.3. The van der Waals surface area contributed by atoms with Crippen molar-refractivity contribution in [2.24, 2.45) is 0 Å². The molecule has 3 aromatic heterocycles. The van der Waals surface area contributed by atoms with E-state index in [1.54, 1.807) is 0 Å². The zero-order chi connectivity index (χ0) is 58.1. The topological polar surface area (TPSA) is 66.7 Å². The highest BCUT2D eigenvalue weighted by molar-refractivity contribution is 6.16. The molecule has 0 unspecified atom stereocenters. The maximum Gasteiger partial charge on any atom is 0.236 e. The third-order valence-electron chi connectivity index (χ3n) is 17.3. The van der Waals surface area contributed by atoms with Crippen LogP contribution < -0.4 is 0 Å². The minimum absolute atomic E-state index is 0.158. The van der Waals surface area contributed by atoms with Gasteiger partial charge in [-0.1, -0.05) is 255 Å². The molecule has 0 saturated heterocycles. The molecule has 3 heterocycles. The van der Waals surface area contributed by atoms with Crippen LogP contribution in [0.1, 0.15) is 11.1 Å². The Morgan fingerprint density at radius 2 is 0.437 bits per heavy atom. The third kappa shape index (κ3) is 8.15. The molecule has 16 aromatic rings. The highest BCUT2D eigenvalue weighted by Gasteiger charge is 2.33. The molecule has 0 N–H and O–H groups in total. The first-order valence-electron chi connectivity index (χ1n) is 29.0. The van der Waals surface area contributed by atoms with E-state index in [1.165, 1.54) is 0 Å². The first-order chi connectivity index (χ1) is 43.0. The summed E-state index contributed by atoms with van der Waals surface area (Å²) in [5.41, 5.74) is 18.4. The van der Waals surface area contributed by atoms with Crippen LogP contribution >= 0.6 is 0 Å². The molecular formula is C81H48N6. The first kappa shape index (κ1) is 50.5. The minimum Gasteiger partial charge on any atom is -0.317 e. The Kier molecular flexibility index (Phi) is 11.9. The van der Waals surface area contributed by atoms with Crippen molar-refractivity contribution in [1.82, 2.24) is 13.7 Å². The largest absolute Gasteiger partial charge is 0.317 e. The molecule has 0 aliphatic heterocycles. The van der Waals surface area contributed by atoms with Gasteiger partial charge in [-0.25, -0.2) is 4.85 Å². The van der Waals surface area contributed by atoms with Crippen LogP contribution in [0, 0.1) is 29.2 Å². The number of hydrogen-bond acceptors (Lipinski definition) is 2. The van der Waals surface area contributed by atoms with Crippen molar-refractivity contribution in [3.8, 4) is 96.0 Å². The van der Waals surface area contributed by atoms with Gasteiger partial charge in [0.25, 0.3) is 0 Å². The van der Waals surface area contributed by atoms with Crippen LogP contribution in [0.4, 0.5) is 5.69 Å². The fourth-order valence-corrected chi connectivity index (χ4v) is 13.3. The van der Waals surface area contributed by atoms with E-state index < -0.39 is 0 Å². The summed E-state index contributed by atoms with van der Waals surface area (Å²) in [6, 6.07) is 107. The second kappa shape index (κ2) is 20.6. The Labute approximate surface area is 502 Å². The average Bonchev–Trinajstić information content (AvgIpc) is 1.69. The van der Waals surface area contributed by atoms with Gasteiger partial charge in [0.2, 0.25) is 5.69 Å². The molecule has 0 amide bonds. The van der Waals surface area contributed by atoms with Crippen LogP contribution in [0.5, 0.6) is 0 Å². The van der Waals surface area contributed by atoms with E-state index in [-0.39, 0.29) is 16.8 Å². The van der Waals surface area contributed by atoms with Crippen molar-refractivity contribution in [1.29, 1.82) is 10.5 Å². The molecule has 0 fully saturated rings. The van der Waals surface area contributed by atoms with Crippen molar-refractivity contribution in [2.45, 2.75) is 0 Å². The Morgan fingerprint density at radius 1 is 0.241 bits per heavy atom. The van der Waals surface area contributed by atoms with E-state index in [0.29, 0.717) is 17.1 Å². The molecule has 16 rings (SSSR count). The van der Waals surface area contributed by atoms with Crippen molar-refractivity contribution >= 4 is 71.1 Å². The van der Waals surface area contributed by atoms with Crippen molar-refractivity contribution in [3.63, 3.8) is 0 Å². The SMILES string of the molecule is [C-]#[N+]c1c(-n2c3cc(-c4ccccc4)ccc3c3ccc(-c4ccccc4)cc32)c(C#N)c(-n2c3cc(-c4ccccc4)ccc3c3ccc(-c4ccccc4)cc32)c(C#N)c1-n1c2cc(-c3ccccc3)ccc2c2ccc(-c3ccccc3)cc21. The van der Waals surface area contributed by atoms with E-state index >= 15 is 0 Å². The van der Waals surface area contributed by atoms with E-state index in [9.17, 15) is 17.1 Å². The molecular weight excluding hydrogens is 1060 g/mol. The highest BCUT2D eigenvalue weighted by atomic mass is 15.1. The number of fused-ring (bicyclic) bond motifs is 9. The van der Waals surface area contributed by atoms with E-state index in [1.807, 2.05) is 109 Å². The number of nitriles is 2. The maximum absolute atomic E-state index is 12.6. The Morgan fingerprint density at radius 3 is 0.621 bits per heavy atom. The molecule has 0 spiro atoms. The number of aromatic nitrogens is 3. The van der Waals surface area contributed by atoms with E-state index in [4.69, 9.17) is 4.85 Å². The molecule has 6 heteroatoms. The molecule has 402 valence electrons. The molecule has 0 atom stereocenters. The van der Waals surface area contributed by atoms with Crippen LogP contribution in [0.3, 0.4) is 0 Å². The zero-order valence-corrected chi connectivity index (χ0v) is 46.9. The summed E-state index contributed by atoms with van der Waals surface area (Å²) in [5, 5.41) is 31.0. The normalized spacial score (nSPS) is 11.4. The molecule has 6 nitrogen and oxygen atoms in total. The average molecular weight is 1110 g/mol. The van der Waals surface area contributed by atoms with Gasteiger partial charge in [0.15, 0.2) is 0 Å². The van der Waals surface area contributed by atoms with Crippen LogP contribution in [0.2, 0.25) is 0 Å². The van der Waals surface area contributed by atoms with Gasteiger partial charge in [0.1, 0.15) is 12.1 Å². The molecule has 0 saturated carbocycles. The number of hydrogen-bond donors (Lipinski definition) is 0. The summed E-state index contributed by atoms with van der Waals surface area (Å²) < 4.78 is 6.46. The molecule has 0 bridgehead atoms. The quantitative estimate of drug-likeness (QED) is 0.135. The standard InChI is InChI=1S/C81H48N6/c1-84-78-80(86-74-46-60(54-24-12-4-13-25-54)34-40-66(74)67-41-35-61(47-75(67)86)55-26-14-5-15-27-55)70(50-82)79(85-72-44-58(52-20-8-2-9-21-52)32-38-64(72)65-39-33-59(45-73(65)85)53-22-10-3-11-23-53)71(51-83)81(78)87-76-48-62(56-28-16-6-17-29-56)36-42-68(76)69-43-37-63(49-77(69)87)57-30-18-7-19-31-57/h2-49H. The van der Waals surface area contributed by atoms with Crippen LogP contribution in [-0.4, -0.2) is 13.7 Å². The lowest BCUT2D eigenvalue weighted by molar-refractivity contribution is 1.08. The summed E-state index contributed by atoms with van der Waals surface area (Å²) >= 11 is 0. The minimum atomic E-state index is 0.158. The first-order valence-corrected chi connectivity index (χ1v) is 29.0. The summed E-state index contributed by atoms with van der Waals surface area (Å²) in [6.45, 7) is 9.84. The summed E-state index contributed by atoms with van der Waals surface area (Å²) in [4.78, 5) is 4.70. The monoisotopic (exact) mass is 1100 g/mol. The molecule has 13 aromatic carbocycles. The van der Waals surface area contributed by atoms with Crippen LogP contribution in [0.15, 0.2) is 291 Å². The zero-order valence-electron chi connectivity index (χ0n) is 46.9. The van der Waals surface area contributed by atoms with Crippen molar-refractivity contribution in [2.75, 3.05) is 0 Å². The van der Waals surface area contributed by atoms with E-state index in [2.05, 4.69) is 208 Å². The van der Waals surface area contributed by atoms with Crippen LogP contribution in [-0.2, 0) is 0 Å². The fourth-order valence-electron chi connectivity index (χ4n) is 13.3. The number of benzene rings is 13. The van der Waals surface area contributed by atoms with Gasteiger partial charge in [-0.2, -0.15) is 10.5 Å². The number of nitrogens with zero attached hydrogens (tertiary/aromatic N) is 6. The van der Waals surface area contributed by atoms with Gasteiger partial charge in [-0.3, -0.25) is 0 Å². The number of rotatable bonds is 9. The third-order valence-corrected chi connectivity index (χ3v) is 17.3. The second-order valence-corrected chi connectivity index (χ2v) is 22.1. The second-order valence-electron chi connectivity index (χ2n) is 22.1. The smallest absolute Gasteiger partial charge is 0.236 e. The molecule has 0 aliphatic carbocycles. The Bertz CT molecular complexity index is 4700. The Hall–Kier alpha value is -12.3. The van der Waals surface area contributed by atoms with Gasteiger partial charge in [0.05, 0.1) is 67.9 Å². The van der Waals surface area contributed by atoms with Gasteiger partial charge in [0, 0.05) is 32.3 Å². The molecule has 0 radical (unpaired) electrons. The summed E-state index contributed by atoms with van der Waals surface area (Å²) in [6.07, 6.45) is 0. The molecule has 0 aliphatic rings. The van der Waals surface area contributed by atoms with E-state index in [0.717, 1.165) is 132 Å². The van der Waals surface area contributed by atoms with Gasteiger partial charge >= 0.3 is 0 Å². The Balaban J connectivity index is 1.15. The predicted molar refractivity (Wildman–Crippen MR) is 358 cm³/mol. The fraction of sp³-hybridized carbons (Fsp3) is 0.